The van der Waals surface area contributed by atoms with Crippen molar-refractivity contribution in [1.29, 1.82) is 0 Å². The quantitative estimate of drug-likeness (QED) is 0.280. The van der Waals surface area contributed by atoms with E-state index in [9.17, 15) is 18.0 Å². The van der Waals surface area contributed by atoms with Gasteiger partial charge in [-0.2, -0.15) is 18.2 Å². The smallest absolute Gasteiger partial charge is 0.416 e. The van der Waals surface area contributed by atoms with Crippen LogP contribution in [0.3, 0.4) is 0 Å². The molecule has 0 radical (unpaired) electrons. The van der Waals surface area contributed by atoms with E-state index in [2.05, 4.69) is 15.4 Å². The molecule has 1 aromatic heterocycles. The van der Waals surface area contributed by atoms with Crippen molar-refractivity contribution in [1.82, 2.24) is 14.8 Å². The Balaban J connectivity index is 1.37. The van der Waals surface area contributed by atoms with Gasteiger partial charge in [0, 0.05) is 17.2 Å². The highest BCUT2D eigenvalue weighted by molar-refractivity contribution is 5.95. The second-order valence-electron chi connectivity index (χ2n) is 9.81. The van der Waals surface area contributed by atoms with Gasteiger partial charge in [0.15, 0.2) is 5.82 Å². The van der Waals surface area contributed by atoms with Gasteiger partial charge in [0.05, 0.1) is 17.9 Å². The topological polar surface area (TPSA) is 69.0 Å². The normalized spacial score (nSPS) is 16.9. The van der Waals surface area contributed by atoms with E-state index in [1.165, 1.54) is 10.7 Å². The van der Waals surface area contributed by atoms with Gasteiger partial charge in [0.1, 0.15) is 0 Å². The number of carbonyl (C=O) groups is 1. The van der Waals surface area contributed by atoms with Gasteiger partial charge in [0.2, 0.25) is 5.91 Å². The summed E-state index contributed by atoms with van der Waals surface area (Å²) in [6, 6.07) is 21.9. The summed E-state index contributed by atoms with van der Waals surface area (Å²) in [4.78, 5) is 17.1. The highest BCUT2D eigenvalue weighted by Crippen LogP contribution is 2.47. The van der Waals surface area contributed by atoms with Crippen LogP contribution in [-0.2, 0) is 11.0 Å². The molecule has 0 saturated heterocycles. The lowest BCUT2D eigenvalue weighted by Gasteiger charge is -2.10. The van der Waals surface area contributed by atoms with E-state index < -0.39 is 11.7 Å². The van der Waals surface area contributed by atoms with Crippen LogP contribution in [0, 0.1) is 11.8 Å². The van der Waals surface area contributed by atoms with E-state index >= 15 is 0 Å². The van der Waals surface area contributed by atoms with Crippen LogP contribution in [0.2, 0.25) is 0 Å². The highest BCUT2D eigenvalue weighted by atomic mass is 19.4. The molecule has 38 heavy (non-hydrogen) atoms. The standard InChI is InChI=1S/C29H27F3N4O2/c1-18(2)17-38-28-34-26(20-9-6-10-21(15-20)29(30,31)32)36(35-28)23-13-11-22(12-14-23)33-27(37)25-16-24(25)19-7-4-3-5-8-19/h3-15,18,24-25H,16-17H2,1-2H3,(H,33,37)/t24-,25-/m0/s1. The van der Waals surface area contributed by atoms with Gasteiger partial charge in [-0.3, -0.25) is 4.79 Å². The first-order valence-corrected chi connectivity index (χ1v) is 12.4. The first kappa shape index (κ1) is 25.5. The molecule has 1 saturated carbocycles. The fourth-order valence-electron chi connectivity index (χ4n) is 4.27. The van der Waals surface area contributed by atoms with Crippen molar-refractivity contribution in [3.8, 4) is 23.1 Å². The van der Waals surface area contributed by atoms with Crippen molar-refractivity contribution in [2.24, 2.45) is 11.8 Å². The zero-order valence-corrected chi connectivity index (χ0v) is 20.9. The predicted molar refractivity (Wildman–Crippen MR) is 138 cm³/mol. The monoisotopic (exact) mass is 520 g/mol. The Morgan fingerprint density at radius 2 is 1.79 bits per heavy atom. The predicted octanol–water partition coefficient (Wildman–Crippen LogP) is 6.73. The number of carbonyl (C=O) groups excluding carboxylic acids is 1. The summed E-state index contributed by atoms with van der Waals surface area (Å²) >= 11 is 0. The zero-order chi connectivity index (χ0) is 26.9. The molecular weight excluding hydrogens is 493 g/mol. The minimum Gasteiger partial charge on any atom is -0.462 e. The Bertz CT molecular complexity index is 1420. The molecule has 196 valence electrons. The van der Waals surface area contributed by atoms with Crippen molar-refractivity contribution in [3.63, 3.8) is 0 Å². The molecule has 1 aliphatic carbocycles. The second kappa shape index (κ2) is 10.3. The number of alkyl halides is 3. The SMILES string of the molecule is CC(C)COc1nc(-c2cccc(C(F)(F)F)c2)n(-c2ccc(NC(=O)[C@H]3C[C@H]3c3ccccc3)cc2)n1. The van der Waals surface area contributed by atoms with Crippen LogP contribution >= 0.6 is 0 Å². The molecule has 0 unspecified atom stereocenters. The number of ether oxygens (including phenoxy) is 1. The van der Waals surface area contributed by atoms with Crippen LogP contribution in [-0.4, -0.2) is 27.3 Å². The number of hydrogen-bond donors (Lipinski definition) is 1. The van der Waals surface area contributed by atoms with E-state index in [4.69, 9.17) is 4.74 Å². The minimum absolute atomic E-state index is 0.0404. The molecular formula is C29H27F3N4O2. The van der Waals surface area contributed by atoms with E-state index in [0.717, 1.165) is 24.1 Å². The fourth-order valence-corrected chi connectivity index (χ4v) is 4.27. The number of aromatic nitrogens is 3. The van der Waals surface area contributed by atoms with Crippen LogP contribution in [0.4, 0.5) is 18.9 Å². The minimum atomic E-state index is -4.49. The summed E-state index contributed by atoms with van der Waals surface area (Å²) in [5.74, 6) is 0.553. The number of nitrogens with zero attached hydrogens (tertiary/aromatic N) is 3. The lowest BCUT2D eigenvalue weighted by molar-refractivity contribution is -0.137. The van der Waals surface area contributed by atoms with Crippen LogP contribution in [0.5, 0.6) is 6.01 Å². The number of amides is 1. The van der Waals surface area contributed by atoms with Crippen molar-refractivity contribution >= 4 is 11.6 Å². The Hall–Kier alpha value is -4.14. The molecule has 0 bridgehead atoms. The molecule has 1 fully saturated rings. The maximum atomic E-state index is 13.4. The van der Waals surface area contributed by atoms with Crippen molar-refractivity contribution in [2.45, 2.75) is 32.4 Å². The van der Waals surface area contributed by atoms with Crippen molar-refractivity contribution in [2.75, 3.05) is 11.9 Å². The van der Waals surface area contributed by atoms with Gasteiger partial charge in [-0.15, -0.1) is 5.10 Å². The van der Waals surface area contributed by atoms with Crippen LogP contribution < -0.4 is 10.1 Å². The molecule has 3 aromatic carbocycles. The fraction of sp³-hybridized carbons (Fsp3) is 0.276. The van der Waals surface area contributed by atoms with Gasteiger partial charge >= 0.3 is 12.2 Å². The van der Waals surface area contributed by atoms with E-state index in [-0.39, 0.29) is 41.1 Å². The summed E-state index contributed by atoms with van der Waals surface area (Å²) in [6.07, 6.45) is -3.68. The maximum absolute atomic E-state index is 13.4. The summed E-state index contributed by atoms with van der Waals surface area (Å²) in [5, 5.41) is 7.36. The lowest BCUT2D eigenvalue weighted by atomic mass is 10.1. The molecule has 1 heterocycles. The molecule has 1 N–H and O–H groups in total. The Labute approximate surface area is 218 Å². The van der Waals surface area contributed by atoms with Gasteiger partial charge in [-0.1, -0.05) is 56.3 Å². The van der Waals surface area contributed by atoms with Crippen LogP contribution in [0.25, 0.3) is 17.1 Å². The Morgan fingerprint density at radius 1 is 1.05 bits per heavy atom. The number of halogens is 3. The number of nitrogens with one attached hydrogen (secondary N) is 1. The molecule has 1 aliphatic rings. The third kappa shape index (κ3) is 5.72. The molecule has 9 heteroatoms. The van der Waals surface area contributed by atoms with Crippen LogP contribution in [0.1, 0.15) is 37.3 Å². The van der Waals surface area contributed by atoms with Crippen molar-refractivity contribution in [3.05, 3.63) is 90.0 Å². The van der Waals surface area contributed by atoms with Crippen LogP contribution in [0.15, 0.2) is 78.9 Å². The molecule has 0 spiro atoms. The molecule has 4 aromatic rings. The van der Waals surface area contributed by atoms with E-state index in [1.807, 2.05) is 44.2 Å². The summed E-state index contributed by atoms with van der Waals surface area (Å²) in [7, 11) is 0. The number of hydrogen-bond acceptors (Lipinski definition) is 4. The van der Waals surface area contributed by atoms with Gasteiger partial charge in [0.25, 0.3) is 0 Å². The summed E-state index contributed by atoms with van der Waals surface area (Å²) < 4.78 is 47.2. The van der Waals surface area contributed by atoms with Gasteiger partial charge < -0.3 is 10.1 Å². The molecule has 2 atom stereocenters. The van der Waals surface area contributed by atoms with Gasteiger partial charge in [-0.05, 0) is 60.2 Å². The Kier molecular flexibility index (Phi) is 6.93. The lowest BCUT2D eigenvalue weighted by Crippen LogP contribution is -2.14. The third-order valence-electron chi connectivity index (χ3n) is 6.32. The highest BCUT2D eigenvalue weighted by Gasteiger charge is 2.43. The number of rotatable bonds is 8. The largest absolute Gasteiger partial charge is 0.462 e. The average molecular weight is 521 g/mol. The summed E-state index contributed by atoms with van der Waals surface area (Å²) in [6.45, 7) is 4.31. The third-order valence-corrected chi connectivity index (χ3v) is 6.32. The molecule has 1 amide bonds. The zero-order valence-electron chi connectivity index (χ0n) is 20.9. The first-order chi connectivity index (χ1) is 18.2. The number of anilines is 1. The second-order valence-corrected chi connectivity index (χ2v) is 9.81. The maximum Gasteiger partial charge on any atom is 0.416 e. The molecule has 5 rings (SSSR count). The average Bonchev–Trinajstić information content (AvgIpc) is 3.60. The first-order valence-electron chi connectivity index (χ1n) is 12.4. The van der Waals surface area contributed by atoms with Gasteiger partial charge in [-0.25, -0.2) is 4.68 Å². The number of benzene rings is 3. The molecule has 6 nitrogen and oxygen atoms in total. The Morgan fingerprint density at radius 3 is 2.47 bits per heavy atom. The van der Waals surface area contributed by atoms with Crippen molar-refractivity contribution < 1.29 is 22.7 Å². The summed E-state index contributed by atoms with van der Waals surface area (Å²) in [5.41, 5.74) is 1.82. The molecule has 0 aliphatic heterocycles. The van der Waals surface area contributed by atoms with E-state index in [1.54, 1.807) is 30.3 Å². The van der Waals surface area contributed by atoms with E-state index in [0.29, 0.717) is 18.0 Å².